The van der Waals surface area contributed by atoms with Gasteiger partial charge in [-0.3, -0.25) is 4.98 Å². The van der Waals surface area contributed by atoms with Gasteiger partial charge in [0, 0.05) is 38.7 Å². The number of nitrogens with zero attached hydrogens (tertiary/aromatic N) is 3. The van der Waals surface area contributed by atoms with Gasteiger partial charge in [0.25, 0.3) is 0 Å². The average molecular weight is 1160 g/mol. The first-order valence-corrected chi connectivity index (χ1v) is 29.1. The number of fused-ring (bicyclic) bond motifs is 7. The first-order valence-electron chi connectivity index (χ1n) is 26.1. The van der Waals surface area contributed by atoms with Gasteiger partial charge in [0.15, 0.2) is 0 Å². The maximum atomic E-state index is 8.44. The predicted octanol–water partition coefficient (Wildman–Crippen LogP) is 18.5. The molecule has 0 N–H and O–H groups in total. The molecule has 3 aromatic heterocycles. The third-order valence-corrected chi connectivity index (χ3v) is 16.3. The first kappa shape index (κ1) is 49.0. The summed E-state index contributed by atoms with van der Waals surface area (Å²) in [7, 11) is -1.50. The second kappa shape index (κ2) is 20.6. The van der Waals surface area contributed by atoms with E-state index in [-0.39, 0.29) is 31.9 Å². The zero-order valence-corrected chi connectivity index (χ0v) is 47.0. The molecule has 74 heavy (non-hydrogen) atoms. The maximum Gasteiger partial charge on any atom is 0.121 e. The van der Waals surface area contributed by atoms with Gasteiger partial charge < -0.3 is 14.0 Å². The molecule has 0 aliphatic rings. The van der Waals surface area contributed by atoms with Gasteiger partial charge in [-0.15, -0.1) is 48.0 Å². The third-order valence-electron chi connectivity index (χ3n) is 14.3. The molecule has 0 saturated carbocycles. The van der Waals surface area contributed by atoms with Crippen molar-refractivity contribution in [3.8, 4) is 50.6 Å². The Bertz CT molecular complexity index is 4010. The van der Waals surface area contributed by atoms with Crippen LogP contribution in [0.2, 0.25) is 19.6 Å². The Labute approximate surface area is 451 Å². The summed E-state index contributed by atoms with van der Waals surface area (Å²) in [6.45, 7) is 20.0. The van der Waals surface area contributed by atoms with Gasteiger partial charge in [-0.25, -0.2) is 0 Å². The summed E-state index contributed by atoms with van der Waals surface area (Å²) in [4.78, 5) is 10.0. The SMILES string of the molecule is CC(C)c1cc(-c2ccccc2)cc(C(C)C)c1-n1c(-c2[c-]cc(-c3ccccc3)c3c2oc2cc4c(ccc5ccccc54)cc23)nc2ccccc21.[2H]C(C)(C)c1cc(-c2[c-]cccc2)ncc1[Si](C)(C)C.[Ir]. The van der Waals surface area contributed by atoms with E-state index < -0.39 is 14.0 Å². The summed E-state index contributed by atoms with van der Waals surface area (Å²) in [5, 5.41) is 8.24. The molecule has 0 aliphatic heterocycles. The Hall–Kier alpha value is -7.21. The maximum absolute atomic E-state index is 8.44. The molecule has 12 rings (SSSR count). The Morgan fingerprint density at radius 1 is 0.595 bits per heavy atom. The summed E-state index contributed by atoms with van der Waals surface area (Å²) in [5.74, 6) is 0.731. The third kappa shape index (κ3) is 9.36. The first-order chi connectivity index (χ1) is 35.6. The monoisotopic (exact) mass is 1160 g/mol. The number of hydrogen-bond donors (Lipinski definition) is 0. The van der Waals surface area contributed by atoms with E-state index in [1.165, 1.54) is 54.7 Å². The molecule has 12 aromatic rings. The van der Waals surface area contributed by atoms with E-state index in [1.807, 2.05) is 44.3 Å². The van der Waals surface area contributed by atoms with Gasteiger partial charge in [0.1, 0.15) is 5.58 Å². The molecule has 1 radical (unpaired) electrons. The molecule has 0 unspecified atom stereocenters. The van der Waals surface area contributed by atoms with Crippen molar-refractivity contribution in [1.29, 1.82) is 0 Å². The largest absolute Gasteiger partial charge is 0.500 e. The fourth-order valence-electron chi connectivity index (χ4n) is 10.5. The fraction of sp³-hybridized carbons (Fsp3) is 0.176. The predicted molar refractivity (Wildman–Crippen MR) is 312 cm³/mol. The number of rotatable bonds is 9. The van der Waals surface area contributed by atoms with E-state index in [2.05, 4.69) is 227 Å². The van der Waals surface area contributed by atoms with Crippen molar-refractivity contribution in [1.82, 2.24) is 14.5 Å². The molecule has 9 aromatic carbocycles. The van der Waals surface area contributed by atoms with Crippen LogP contribution in [0.3, 0.4) is 0 Å². The van der Waals surface area contributed by atoms with E-state index in [9.17, 15) is 0 Å². The zero-order valence-electron chi connectivity index (χ0n) is 44.6. The minimum atomic E-state index is -1.50. The molecule has 0 fully saturated rings. The number of aromatic nitrogens is 3. The Morgan fingerprint density at radius 3 is 1.92 bits per heavy atom. The molecule has 0 spiro atoms. The Balaban J connectivity index is 0.000000258. The molecule has 369 valence electrons. The quantitative estimate of drug-likeness (QED) is 0.0822. The molecule has 4 nitrogen and oxygen atoms in total. The van der Waals surface area contributed by atoms with Crippen molar-refractivity contribution in [2.45, 2.75) is 78.9 Å². The van der Waals surface area contributed by atoms with Crippen molar-refractivity contribution >= 4 is 67.8 Å². The average Bonchev–Trinajstić information content (AvgIpc) is 3.98. The molecule has 0 atom stereocenters. The second-order valence-corrected chi connectivity index (χ2v) is 26.2. The van der Waals surface area contributed by atoms with Gasteiger partial charge in [-0.05, 0) is 114 Å². The van der Waals surface area contributed by atoms with E-state index in [4.69, 9.17) is 10.8 Å². The van der Waals surface area contributed by atoms with Gasteiger partial charge in [-0.1, -0.05) is 199 Å². The van der Waals surface area contributed by atoms with Crippen LogP contribution >= 0.6 is 0 Å². The van der Waals surface area contributed by atoms with Crippen LogP contribution in [0, 0.1) is 12.1 Å². The minimum absolute atomic E-state index is 0. The van der Waals surface area contributed by atoms with E-state index in [0.717, 1.165) is 72.3 Å². The fourth-order valence-corrected chi connectivity index (χ4v) is 12.1. The van der Waals surface area contributed by atoms with Crippen molar-refractivity contribution in [3.63, 3.8) is 0 Å². The Morgan fingerprint density at radius 2 is 1.24 bits per heavy atom. The zero-order chi connectivity index (χ0) is 51.5. The van der Waals surface area contributed by atoms with Crippen LogP contribution < -0.4 is 5.19 Å². The van der Waals surface area contributed by atoms with Gasteiger partial charge in [-0.2, -0.15) is 0 Å². The number of furan rings is 1. The van der Waals surface area contributed by atoms with Crippen LogP contribution in [0.5, 0.6) is 0 Å². The van der Waals surface area contributed by atoms with Crippen molar-refractivity contribution in [2.24, 2.45) is 0 Å². The number of para-hydroxylation sites is 2. The number of hydrogen-bond acceptors (Lipinski definition) is 3. The van der Waals surface area contributed by atoms with Gasteiger partial charge >= 0.3 is 0 Å². The summed E-state index contributed by atoms with van der Waals surface area (Å²) in [5.41, 5.74) is 15.9. The van der Waals surface area contributed by atoms with Crippen LogP contribution in [0.15, 0.2) is 193 Å². The minimum Gasteiger partial charge on any atom is -0.500 e. The molecule has 0 saturated heterocycles. The van der Waals surface area contributed by atoms with Crippen molar-refractivity contribution < 1.29 is 25.9 Å². The molecule has 0 aliphatic carbocycles. The van der Waals surface area contributed by atoms with Crippen molar-refractivity contribution in [3.05, 3.63) is 217 Å². The normalized spacial score (nSPS) is 12.2. The second-order valence-electron chi connectivity index (χ2n) is 21.2. The molecule has 0 bridgehead atoms. The topological polar surface area (TPSA) is 43.9 Å². The number of benzene rings is 9. The standard InChI is InChI=1S/C51H39N2O.C17H22NSi.Ir/c1-31(2)41-28-37(33-15-7-5-8-16-33)29-42(32(3)4)49(41)53-46-22-14-13-21-45(46)52-51(53)40-26-25-39(34-17-9-6-10-18-34)48-44-27-36-24-23-35-19-11-12-20-38(35)43(36)30-47(44)54-50(40)48;1-13(2)15-11-16(14-9-7-6-8-10-14)18-12-17(15)19(3,4)5;/h5-25,27-32H,1-4H3;6-9,11-13H,1-5H3;/q2*-1;/i;13D;. The van der Waals surface area contributed by atoms with E-state index in [1.54, 1.807) is 0 Å². The molecular weight excluding hydrogens is 1100 g/mol. The molecule has 3 heterocycles. The van der Waals surface area contributed by atoms with Crippen molar-refractivity contribution in [2.75, 3.05) is 0 Å². The molecule has 0 amide bonds. The van der Waals surface area contributed by atoms with Gasteiger partial charge in [0.2, 0.25) is 0 Å². The summed E-state index contributed by atoms with van der Waals surface area (Å²) < 4.78 is 17.9. The van der Waals surface area contributed by atoms with Crippen LogP contribution in [-0.2, 0) is 20.1 Å². The number of pyridine rings is 1. The summed E-state index contributed by atoms with van der Waals surface area (Å²) in [6.07, 6.45) is 1.98. The summed E-state index contributed by atoms with van der Waals surface area (Å²) >= 11 is 0. The molecule has 6 heteroatoms. The van der Waals surface area contributed by atoms with E-state index in [0.29, 0.717) is 0 Å². The summed E-state index contributed by atoms with van der Waals surface area (Å²) in [6, 6.07) is 71.2. The van der Waals surface area contributed by atoms with Crippen LogP contribution in [0.25, 0.3) is 105 Å². The van der Waals surface area contributed by atoms with E-state index >= 15 is 0 Å². The molecular formula is C68H61IrN3OSi-2. The number of imidazole rings is 1. The van der Waals surface area contributed by atoms with Crippen LogP contribution in [0.1, 0.15) is 77.3 Å². The van der Waals surface area contributed by atoms with Gasteiger partial charge in [0.05, 0.1) is 30.5 Å². The smallest absolute Gasteiger partial charge is 0.121 e. The Kier molecular flexibility index (Phi) is 13.6. The van der Waals surface area contributed by atoms with Crippen LogP contribution in [-0.4, -0.2) is 22.6 Å². The van der Waals surface area contributed by atoms with Crippen LogP contribution in [0.4, 0.5) is 0 Å².